The minimum Gasteiger partial charge on any atom is -0.383 e. The number of halogens is 1. The van der Waals surface area contributed by atoms with Gasteiger partial charge in [-0.2, -0.15) is 5.10 Å². The summed E-state index contributed by atoms with van der Waals surface area (Å²) in [7, 11) is 0. The summed E-state index contributed by atoms with van der Waals surface area (Å²) in [6.45, 7) is 3.10. The van der Waals surface area contributed by atoms with Crippen molar-refractivity contribution >= 4 is 39.4 Å². The normalized spacial score (nSPS) is 17.4. The Morgan fingerprint density at radius 3 is 2.94 bits per heavy atom. The Bertz CT molecular complexity index is 560. The van der Waals surface area contributed by atoms with Crippen LogP contribution in [0.1, 0.15) is 12.8 Å². The van der Waals surface area contributed by atoms with Crippen LogP contribution in [0.15, 0.2) is 6.33 Å². The molecule has 0 saturated carbocycles. The molecule has 3 rings (SSSR count). The molecule has 0 atom stereocenters. The van der Waals surface area contributed by atoms with Crippen LogP contribution < -0.4 is 11.1 Å². The molecule has 3 heterocycles. The van der Waals surface area contributed by atoms with E-state index in [2.05, 4.69) is 43.0 Å². The Kier molecular flexibility index (Phi) is 3.33. The average Bonchev–Trinajstić information content (AvgIpc) is 2.69. The first-order valence-electron chi connectivity index (χ1n) is 6.09. The van der Waals surface area contributed by atoms with E-state index in [4.69, 9.17) is 5.73 Å². The van der Waals surface area contributed by atoms with Gasteiger partial charge in [0, 0.05) is 6.54 Å². The Balaban J connectivity index is 1.94. The van der Waals surface area contributed by atoms with Crippen LogP contribution >= 0.6 is 22.6 Å². The number of aromatic nitrogens is 4. The monoisotopic (exact) mass is 358 g/mol. The Labute approximate surface area is 118 Å². The van der Waals surface area contributed by atoms with E-state index in [0.717, 1.165) is 34.4 Å². The molecule has 18 heavy (non-hydrogen) atoms. The molecule has 1 aliphatic rings. The molecule has 1 saturated heterocycles. The van der Waals surface area contributed by atoms with Gasteiger partial charge in [-0.3, -0.25) is 0 Å². The minimum absolute atomic E-state index is 0.515. The number of nitrogens with one attached hydrogen (secondary N) is 1. The smallest absolute Gasteiger partial charge is 0.164 e. The van der Waals surface area contributed by atoms with E-state index in [1.165, 1.54) is 19.2 Å². The maximum atomic E-state index is 5.88. The van der Waals surface area contributed by atoms with E-state index < -0.39 is 0 Å². The molecule has 0 aromatic carbocycles. The van der Waals surface area contributed by atoms with Crippen molar-refractivity contribution in [3.63, 3.8) is 0 Å². The van der Waals surface area contributed by atoms with Crippen molar-refractivity contribution in [2.24, 2.45) is 5.92 Å². The fourth-order valence-electron chi connectivity index (χ4n) is 2.42. The molecule has 0 amide bonds. The highest BCUT2D eigenvalue weighted by Crippen LogP contribution is 2.24. The van der Waals surface area contributed by atoms with Gasteiger partial charge in [0.25, 0.3) is 0 Å². The average molecular weight is 358 g/mol. The molecule has 1 fully saturated rings. The van der Waals surface area contributed by atoms with Crippen LogP contribution in [0.3, 0.4) is 0 Å². The molecule has 2 aromatic rings. The lowest BCUT2D eigenvalue weighted by molar-refractivity contribution is 0.324. The zero-order valence-electron chi connectivity index (χ0n) is 9.93. The standard InChI is InChI=1S/C11H15IN6/c12-9-8-10(13)15-6-16-11(8)18(17-9)5-7-1-3-14-4-2-7/h6-7,14H,1-5H2,(H2,13,15,16). The Morgan fingerprint density at radius 2 is 2.17 bits per heavy atom. The first kappa shape index (κ1) is 12.1. The molecule has 96 valence electrons. The van der Waals surface area contributed by atoms with Gasteiger partial charge in [-0.1, -0.05) is 0 Å². The van der Waals surface area contributed by atoms with Crippen LogP contribution in [0.4, 0.5) is 5.82 Å². The fraction of sp³-hybridized carbons (Fsp3) is 0.545. The summed E-state index contributed by atoms with van der Waals surface area (Å²) >= 11 is 2.19. The summed E-state index contributed by atoms with van der Waals surface area (Å²) in [5.74, 6) is 1.18. The Hall–Kier alpha value is -0.960. The quantitative estimate of drug-likeness (QED) is 0.784. The van der Waals surface area contributed by atoms with Gasteiger partial charge in [0.2, 0.25) is 0 Å². The molecule has 3 N–H and O–H groups in total. The van der Waals surface area contributed by atoms with Gasteiger partial charge in [-0.05, 0) is 54.4 Å². The van der Waals surface area contributed by atoms with Crippen molar-refractivity contribution in [2.75, 3.05) is 18.8 Å². The highest BCUT2D eigenvalue weighted by atomic mass is 127. The van der Waals surface area contributed by atoms with Crippen LogP contribution in [0.25, 0.3) is 11.0 Å². The second kappa shape index (κ2) is 4.96. The molecule has 2 aromatic heterocycles. The largest absolute Gasteiger partial charge is 0.383 e. The lowest BCUT2D eigenvalue weighted by atomic mass is 9.98. The van der Waals surface area contributed by atoms with Crippen molar-refractivity contribution in [2.45, 2.75) is 19.4 Å². The van der Waals surface area contributed by atoms with Crippen LogP contribution in [0.5, 0.6) is 0 Å². The van der Waals surface area contributed by atoms with Crippen molar-refractivity contribution in [1.29, 1.82) is 0 Å². The molecule has 0 bridgehead atoms. The molecular weight excluding hydrogens is 343 g/mol. The number of anilines is 1. The number of nitrogens with zero attached hydrogens (tertiary/aromatic N) is 4. The zero-order chi connectivity index (χ0) is 12.5. The van der Waals surface area contributed by atoms with Crippen LogP contribution in [0, 0.1) is 9.62 Å². The van der Waals surface area contributed by atoms with E-state index in [-0.39, 0.29) is 0 Å². The zero-order valence-corrected chi connectivity index (χ0v) is 12.1. The van der Waals surface area contributed by atoms with Gasteiger partial charge in [0.05, 0.1) is 5.39 Å². The van der Waals surface area contributed by atoms with Crippen molar-refractivity contribution in [3.05, 3.63) is 10.0 Å². The second-order valence-electron chi connectivity index (χ2n) is 4.62. The van der Waals surface area contributed by atoms with Crippen molar-refractivity contribution in [1.82, 2.24) is 25.1 Å². The maximum absolute atomic E-state index is 5.88. The predicted molar refractivity (Wildman–Crippen MR) is 78.0 cm³/mol. The van der Waals surface area contributed by atoms with Gasteiger partial charge in [-0.15, -0.1) is 0 Å². The predicted octanol–water partition coefficient (Wildman–Crippen LogP) is 1.01. The second-order valence-corrected chi connectivity index (χ2v) is 5.65. The molecule has 6 nitrogen and oxygen atoms in total. The number of piperidine rings is 1. The highest BCUT2D eigenvalue weighted by molar-refractivity contribution is 14.1. The van der Waals surface area contributed by atoms with Crippen LogP contribution in [-0.2, 0) is 6.54 Å². The van der Waals surface area contributed by atoms with E-state index in [9.17, 15) is 0 Å². The maximum Gasteiger partial charge on any atom is 0.164 e. The van der Waals surface area contributed by atoms with Crippen LogP contribution in [-0.4, -0.2) is 32.8 Å². The van der Waals surface area contributed by atoms with E-state index >= 15 is 0 Å². The summed E-state index contributed by atoms with van der Waals surface area (Å²) < 4.78 is 2.86. The molecule has 0 unspecified atom stereocenters. The summed E-state index contributed by atoms with van der Waals surface area (Å²) in [5.41, 5.74) is 6.74. The lowest BCUT2D eigenvalue weighted by Gasteiger charge is -2.22. The Morgan fingerprint density at radius 1 is 1.39 bits per heavy atom. The molecule has 0 aliphatic carbocycles. The third-order valence-electron chi connectivity index (χ3n) is 3.41. The molecule has 7 heteroatoms. The van der Waals surface area contributed by atoms with Crippen molar-refractivity contribution < 1.29 is 0 Å². The third-order valence-corrected chi connectivity index (χ3v) is 4.16. The SMILES string of the molecule is Nc1ncnc2c1c(I)nn2CC1CCNCC1. The number of nitrogens with two attached hydrogens (primary N) is 1. The van der Waals surface area contributed by atoms with E-state index in [1.54, 1.807) is 0 Å². The molecule has 0 spiro atoms. The van der Waals surface area contributed by atoms with Gasteiger partial charge in [0.1, 0.15) is 15.8 Å². The van der Waals surface area contributed by atoms with E-state index in [1.807, 2.05) is 4.68 Å². The van der Waals surface area contributed by atoms with E-state index in [0.29, 0.717) is 11.7 Å². The summed E-state index contributed by atoms with van der Waals surface area (Å²) in [6, 6.07) is 0. The molecule has 1 aliphatic heterocycles. The molecule has 0 radical (unpaired) electrons. The van der Waals surface area contributed by atoms with Crippen LogP contribution in [0.2, 0.25) is 0 Å². The van der Waals surface area contributed by atoms with Gasteiger partial charge >= 0.3 is 0 Å². The van der Waals surface area contributed by atoms with Gasteiger partial charge in [-0.25, -0.2) is 14.6 Å². The van der Waals surface area contributed by atoms with Gasteiger partial charge < -0.3 is 11.1 Å². The minimum atomic E-state index is 0.515. The van der Waals surface area contributed by atoms with Gasteiger partial charge in [0.15, 0.2) is 5.65 Å². The first-order chi connectivity index (χ1) is 8.75. The number of hydrogen-bond donors (Lipinski definition) is 2. The summed E-state index contributed by atoms with van der Waals surface area (Å²) in [5, 5.41) is 8.80. The summed E-state index contributed by atoms with van der Waals surface area (Å²) in [6.07, 6.45) is 3.89. The first-order valence-corrected chi connectivity index (χ1v) is 7.17. The third kappa shape index (κ3) is 2.16. The lowest BCUT2D eigenvalue weighted by Crippen LogP contribution is -2.30. The number of fused-ring (bicyclic) bond motifs is 1. The summed E-state index contributed by atoms with van der Waals surface area (Å²) in [4.78, 5) is 8.34. The number of hydrogen-bond acceptors (Lipinski definition) is 5. The number of rotatable bonds is 2. The topological polar surface area (TPSA) is 81.7 Å². The number of nitrogen functional groups attached to an aromatic ring is 1. The highest BCUT2D eigenvalue weighted by Gasteiger charge is 2.18. The van der Waals surface area contributed by atoms with Crippen molar-refractivity contribution in [3.8, 4) is 0 Å². The molecular formula is C11H15IN6. The fourth-order valence-corrected chi connectivity index (χ4v) is 3.20.